The van der Waals surface area contributed by atoms with Gasteiger partial charge in [0.05, 0.1) is 6.54 Å². The molecule has 0 saturated heterocycles. The molecule has 104 valence electrons. The summed E-state index contributed by atoms with van der Waals surface area (Å²) >= 11 is 0. The van der Waals surface area contributed by atoms with E-state index in [0.29, 0.717) is 25.2 Å². The molecule has 1 saturated carbocycles. The Kier molecular flexibility index (Phi) is 5.49. The lowest BCUT2D eigenvalue weighted by atomic mass is 10.2. The summed E-state index contributed by atoms with van der Waals surface area (Å²) in [6.07, 6.45) is 4.96. The Labute approximate surface area is 114 Å². The summed E-state index contributed by atoms with van der Waals surface area (Å²) in [6.45, 7) is 1.12. The maximum Gasteiger partial charge on any atom is 0.206 e. The molecule has 1 aliphatic carbocycles. The van der Waals surface area contributed by atoms with E-state index < -0.39 is 0 Å². The molecular weight excluding hydrogens is 240 g/mol. The summed E-state index contributed by atoms with van der Waals surface area (Å²) < 4.78 is 5.57. The molecule has 5 nitrogen and oxygen atoms in total. The first kappa shape index (κ1) is 13.7. The molecule has 0 amide bonds. The van der Waals surface area contributed by atoms with Gasteiger partial charge in [-0.3, -0.25) is 5.43 Å². The van der Waals surface area contributed by atoms with E-state index in [9.17, 15) is 0 Å². The molecule has 4 N–H and O–H groups in total. The number of benzene rings is 1. The van der Waals surface area contributed by atoms with Crippen molar-refractivity contribution < 1.29 is 4.74 Å². The minimum Gasteiger partial charge on any atom is -0.492 e. The van der Waals surface area contributed by atoms with Crippen LogP contribution in [0.4, 0.5) is 0 Å². The topological polar surface area (TPSA) is 71.7 Å². The van der Waals surface area contributed by atoms with Gasteiger partial charge in [-0.15, -0.1) is 0 Å². The van der Waals surface area contributed by atoms with Gasteiger partial charge < -0.3 is 10.1 Å². The van der Waals surface area contributed by atoms with Crippen molar-refractivity contribution in [3.63, 3.8) is 0 Å². The van der Waals surface area contributed by atoms with Crippen molar-refractivity contribution in [2.45, 2.75) is 31.7 Å². The first-order valence-corrected chi connectivity index (χ1v) is 6.84. The van der Waals surface area contributed by atoms with Crippen LogP contribution in [0, 0.1) is 0 Å². The molecule has 1 fully saturated rings. The Morgan fingerprint density at radius 2 is 2.00 bits per heavy atom. The normalized spacial score (nSPS) is 16.4. The number of hydrogen-bond donors (Lipinski definition) is 3. The Morgan fingerprint density at radius 3 is 2.68 bits per heavy atom. The van der Waals surface area contributed by atoms with E-state index in [1.54, 1.807) is 0 Å². The molecule has 19 heavy (non-hydrogen) atoms. The number of nitrogens with zero attached hydrogens (tertiary/aromatic N) is 1. The molecule has 1 aliphatic rings. The highest BCUT2D eigenvalue weighted by Crippen LogP contribution is 2.17. The molecule has 0 aromatic heterocycles. The second kappa shape index (κ2) is 7.63. The smallest absolute Gasteiger partial charge is 0.206 e. The molecule has 1 aromatic rings. The molecule has 2 rings (SSSR count). The largest absolute Gasteiger partial charge is 0.492 e. The number of para-hydroxylation sites is 1. The zero-order valence-electron chi connectivity index (χ0n) is 11.1. The predicted molar refractivity (Wildman–Crippen MR) is 77.0 cm³/mol. The molecule has 5 heteroatoms. The van der Waals surface area contributed by atoms with Crippen LogP contribution in [0.25, 0.3) is 0 Å². The van der Waals surface area contributed by atoms with Crippen LogP contribution >= 0.6 is 0 Å². The average Bonchev–Trinajstić information content (AvgIpc) is 2.96. The van der Waals surface area contributed by atoms with Gasteiger partial charge in [-0.2, -0.15) is 0 Å². The van der Waals surface area contributed by atoms with Crippen molar-refractivity contribution in [2.24, 2.45) is 10.8 Å². The van der Waals surface area contributed by atoms with E-state index >= 15 is 0 Å². The van der Waals surface area contributed by atoms with Gasteiger partial charge in [-0.25, -0.2) is 10.8 Å². The van der Waals surface area contributed by atoms with Crippen LogP contribution in [-0.4, -0.2) is 25.2 Å². The number of guanidine groups is 1. The quantitative estimate of drug-likeness (QED) is 0.247. The van der Waals surface area contributed by atoms with E-state index in [1.165, 1.54) is 25.7 Å². The second-order valence-electron chi connectivity index (χ2n) is 4.66. The lowest BCUT2D eigenvalue weighted by Gasteiger charge is -2.15. The fraction of sp³-hybridized carbons (Fsp3) is 0.500. The molecule has 0 spiro atoms. The third kappa shape index (κ3) is 4.79. The van der Waals surface area contributed by atoms with E-state index in [0.717, 1.165) is 5.75 Å². The van der Waals surface area contributed by atoms with Crippen LogP contribution in [0.3, 0.4) is 0 Å². The third-order valence-corrected chi connectivity index (χ3v) is 3.21. The number of ether oxygens (including phenoxy) is 1. The minimum absolute atomic E-state index is 0.504. The zero-order chi connectivity index (χ0) is 13.3. The first-order valence-electron chi connectivity index (χ1n) is 6.84. The number of hydrogen-bond acceptors (Lipinski definition) is 3. The average molecular weight is 262 g/mol. The summed E-state index contributed by atoms with van der Waals surface area (Å²) in [4.78, 5) is 4.37. The van der Waals surface area contributed by atoms with Crippen LogP contribution in [-0.2, 0) is 0 Å². The van der Waals surface area contributed by atoms with Crippen molar-refractivity contribution in [3.8, 4) is 5.75 Å². The van der Waals surface area contributed by atoms with Crippen LogP contribution in [0.5, 0.6) is 5.75 Å². The van der Waals surface area contributed by atoms with E-state index in [-0.39, 0.29) is 0 Å². The maximum absolute atomic E-state index is 5.57. The van der Waals surface area contributed by atoms with Crippen molar-refractivity contribution in [2.75, 3.05) is 13.2 Å². The van der Waals surface area contributed by atoms with Crippen LogP contribution in [0.2, 0.25) is 0 Å². The number of nitrogens with one attached hydrogen (secondary N) is 2. The summed E-state index contributed by atoms with van der Waals surface area (Å²) in [5.41, 5.74) is 2.61. The highest BCUT2D eigenvalue weighted by atomic mass is 16.5. The summed E-state index contributed by atoms with van der Waals surface area (Å²) in [7, 11) is 0. The number of hydrazine groups is 1. The SMILES string of the molecule is NNC(=NCCOc1ccccc1)NC1CCCC1. The molecule has 0 heterocycles. The lowest BCUT2D eigenvalue weighted by molar-refractivity contribution is 0.328. The number of aliphatic imine (C=N–C) groups is 1. The van der Waals surface area contributed by atoms with E-state index in [2.05, 4.69) is 15.7 Å². The monoisotopic (exact) mass is 262 g/mol. The van der Waals surface area contributed by atoms with Gasteiger partial charge in [-0.05, 0) is 25.0 Å². The fourth-order valence-electron chi connectivity index (χ4n) is 2.23. The summed E-state index contributed by atoms with van der Waals surface area (Å²) in [5, 5.41) is 3.32. The number of nitrogens with two attached hydrogens (primary N) is 1. The molecule has 0 radical (unpaired) electrons. The fourth-order valence-corrected chi connectivity index (χ4v) is 2.23. The minimum atomic E-state index is 0.504. The Bertz CT molecular complexity index is 388. The van der Waals surface area contributed by atoms with Crippen LogP contribution in [0.15, 0.2) is 35.3 Å². The van der Waals surface area contributed by atoms with E-state index in [4.69, 9.17) is 10.6 Å². The van der Waals surface area contributed by atoms with Gasteiger partial charge in [0.2, 0.25) is 5.96 Å². The predicted octanol–water partition coefficient (Wildman–Crippen LogP) is 1.42. The standard InChI is InChI=1S/C14H22N4O/c15-18-14(17-12-6-4-5-7-12)16-10-11-19-13-8-2-1-3-9-13/h1-3,8-9,12H,4-7,10-11,15H2,(H2,16,17,18). The van der Waals surface area contributed by atoms with E-state index in [1.807, 2.05) is 30.3 Å². The van der Waals surface area contributed by atoms with Gasteiger partial charge in [0.25, 0.3) is 0 Å². The zero-order valence-corrected chi connectivity index (χ0v) is 11.1. The molecule has 0 unspecified atom stereocenters. The van der Waals surface area contributed by atoms with Crippen molar-refractivity contribution >= 4 is 5.96 Å². The van der Waals surface area contributed by atoms with Crippen LogP contribution in [0.1, 0.15) is 25.7 Å². The van der Waals surface area contributed by atoms with Crippen LogP contribution < -0.4 is 21.3 Å². The van der Waals surface area contributed by atoms with Gasteiger partial charge >= 0.3 is 0 Å². The van der Waals surface area contributed by atoms with Crippen molar-refractivity contribution in [3.05, 3.63) is 30.3 Å². The van der Waals surface area contributed by atoms with Crippen molar-refractivity contribution in [1.82, 2.24) is 10.7 Å². The highest BCUT2D eigenvalue weighted by molar-refractivity contribution is 5.79. The lowest BCUT2D eigenvalue weighted by Crippen LogP contribution is -2.45. The number of rotatable bonds is 5. The Balaban J connectivity index is 1.70. The highest BCUT2D eigenvalue weighted by Gasteiger charge is 2.15. The summed E-state index contributed by atoms with van der Waals surface area (Å²) in [5.74, 6) is 6.98. The molecular formula is C14H22N4O. The Hall–Kier alpha value is -1.75. The molecule has 0 aliphatic heterocycles. The Morgan fingerprint density at radius 1 is 1.26 bits per heavy atom. The third-order valence-electron chi connectivity index (χ3n) is 3.21. The van der Waals surface area contributed by atoms with Gasteiger partial charge in [-0.1, -0.05) is 31.0 Å². The van der Waals surface area contributed by atoms with Gasteiger partial charge in [0, 0.05) is 6.04 Å². The van der Waals surface area contributed by atoms with Crippen molar-refractivity contribution in [1.29, 1.82) is 0 Å². The molecule has 0 atom stereocenters. The van der Waals surface area contributed by atoms with Gasteiger partial charge in [0.1, 0.15) is 12.4 Å². The second-order valence-corrected chi connectivity index (χ2v) is 4.66. The molecule has 1 aromatic carbocycles. The molecule has 0 bridgehead atoms. The van der Waals surface area contributed by atoms with Gasteiger partial charge in [0.15, 0.2) is 0 Å². The first-order chi connectivity index (χ1) is 9.38. The summed E-state index contributed by atoms with van der Waals surface area (Å²) in [6, 6.07) is 10.2. The maximum atomic E-state index is 5.57.